The maximum absolute atomic E-state index is 12.3. The van der Waals surface area contributed by atoms with Gasteiger partial charge in [0.1, 0.15) is 0 Å². The predicted molar refractivity (Wildman–Crippen MR) is 96.4 cm³/mol. The fourth-order valence-electron chi connectivity index (χ4n) is 2.27. The Bertz CT molecular complexity index is 843. The van der Waals surface area contributed by atoms with Crippen LogP contribution in [0.3, 0.4) is 0 Å². The van der Waals surface area contributed by atoms with Gasteiger partial charge in [0.25, 0.3) is 5.91 Å². The molecule has 0 aliphatic rings. The monoisotopic (exact) mass is 365 g/mol. The predicted octanol–water partition coefficient (Wildman–Crippen LogP) is 3.45. The Kier molecular flexibility index (Phi) is 5.35. The van der Waals surface area contributed by atoms with Gasteiger partial charge < -0.3 is 5.32 Å². The number of amides is 1. The van der Waals surface area contributed by atoms with Crippen LogP contribution in [-0.2, 0) is 15.3 Å². The highest BCUT2D eigenvalue weighted by Gasteiger charge is 2.22. The highest BCUT2D eigenvalue weighted by molar-refractivity contribution is 7.90. The van der Waals surface area contributed by atoms with E-state index in [2.05, 4.69) is 5.32 Å². The first-order chi connectivity index (χ1) is 11.1. The molecule has 24 heavy (non-hydrogen) atoms. The number of halogens is 1. The molecule has 4 nitrogen and oxygen atoms in total. The molecule has 0 spiro atoms. The van der Waals surface area contributed by atoms with Crippen LogP contribution in [0.1, 0.15) is 29.8 Å². The summed E-state index contributed by atoms with van der Waals surface area (Å²) in [6, 6.07) is 13.5. The zero-order chi connectivity index (χ0) is 18.0. The van der Waals surface area contributed by atoms with Gasteiger partial charge in [-0.2, -0.15) is 0 Å². The molecule has 0 fully saturated rings. The molecule has 128 valence electrons. The Morgan fingerprint density at radius 2 is 1.75 bits per heavy atom. The summed E-state index contributed by atoms with van der Waals surface area (Å²) >= 11 is 5.90. The lowest BCUT2D eigenvalue weighted by Crippen LogP contribution is -2.36. The number of benzene rings is 2. The van der Waals surface area contributed by atoms with E-state index >= 15 is 0 Å². The number of nitrogens with one attached hydrogen (secondary N) is 1. The van der Waals surface area contributed by atoms with Crippen LogP contribution in [0.2, 0.25) is 5.02 Å². The normalized spacial score (nSPS) is 12.0. The van der Waals surface area contributed by atoms with Gasteiger partial charge in [-0.25, -0.2) is 8.42 Å². The fraction of sp³-hybridized carbons (Fsp3) is 0.278. The summed E-state index contributed by atoms with van der Waals surface area (Å²) in [7, 11) is -3.34. The van der Waals surface area contributed by atoms with Crippen molar-refractivity contribution in [2.75, 3.05) is 12.8 Å². The largest absolute Gasteiger partial charge is 0.351 e. The minimum absolute atomic E-state index is 0.132. The van der Waals surface area contributed by atoms with Crippen molar-refractivity contribution in [3.8, 4) is 0 Å². The number of hydrogen-bond acceptors (Lipinski definition) is 3. The van der Waals surface area contributed by atoms with E-state index in [0.717, 1.165) is 11.8 Å². The molecule has 0 radical (unpaired) electrons. The van der Waals surface area contributed by atoms with Crippen LogP contribution in [0, 0.1) is 0 Å². The average Bonchev–Trinajstić information content (AvgIpc) is 2.52. The molecule has 0 bridgehead atoms. The van der Waals surface area contributed by atoms with Crippen molar-refractivity contribution in [3.05, 3.63) is 64.7 Å². The third-order valence-electron chi connectivity index (χ3n) is 3.84. The van der Waals surface area contributed by atoms with Gasteiger partial charge in [-0.15, -0.1) is 0 Å². The van der Waals surface area contributed by atoms with Crippen molar-refractivity contribution in [2.24, 2.45) is 0 Å². The molecule has 2 aromatic rings. The number of hydrogen-bond donors (Lipinski definition) is 1. The van der Waals surface area contributed by atoms with Gasteiger partial charge in [-0.1, -0.05) is 43.6 Å². The smallest absolute Gasteiger partial charge is 0.251 e. The molecule has 2 aromatic carbocycles. The van der Waals surface area contributed by atoms with Crippen molar-refractivity contribution >= 4 is 27.3 Å². The van der Waals surface area contributed by atoms with E-state index in [-0.39, 0.29) is 16.2 Å². The Morgan fingerprint density at radius 3 is 2.33 bits per heavy atom. The molecule has 0 saturated heterocycles. The second kappa shape index (κ2) is 6.95. The second-order valence-electron chi connectivity index (χ2n) is 6.37. The molecule has 0 atom stereocenters. The number of carbonyl (C=O) groups is 1. The number of rotatable bonds is 5. The lowest BCUT2D eigenvalue weighted by molar-refractivity contribution is 0.0945. The molecule has 2 rings (SSSR count). The summed E-state index contributed by atoms with van der Waals surface area (Å²) in [6.07, 6.45) is 1.12. The molecular weight excluding hydrogens is 346 g/mol. The standard InChI is InChI=1S/C18H20ClNO3S/c1-18(2,14-7-9-15(19)10-8-14)12-20-17(21)13-5-4-6-16(11-13)24(3,22)23/h4-11H,12H2,1-3H3,(H,20,21). The van der Waals surface area contributed by atoms with Gasteiger partial charge in [0.05, 0.1) is 4.90 Å². The number of carbonyl (C=O) groups excluding carboxylic acids is 1. The Morgan fingerprint density at radius 1 is 1.12 bits per heavy atom. The number of sulfone groups is 1. The van der Waals surface area contributed by atoms with Gasteiger partial charge in [0.2, 0.25) is 0 Å². The summed E-state index contributed by atoms with van der Waals surface area (Å²) in [5.41, 5.74) is 1.09. The van der Waals surface area contributed by atoms with E-state index in [9.17, 15) is 13.2 Å². The Balaban J connectivity index is 2.11. The zero-order valence-corrected chi connectivity index (χ0v) is 15.4. The van der Waals surface area contributed by atoms with Gasteiger partial charge in [-0.05, 0) is 35.9 Å². The molecule has 0 aliphatic carbocycles. The van der Waals surface area contributed by atoms with Crippen molar-refractivity contribution in [1.29, 1.82) is 0 Å². The first kappa shape index (κ1) is 18.5. The quantitative estimate of drug-likeness (QED) is 0.882. The van der Waals surface area contributed by atoms with Crippen molar-refractivity contribution < 1.29 is 13.2 Å². The maximum atomic E-state index is 12.3. The van der Waals surface area contributed by atoms with Crippen molar-refractivity contribution in [1.82, 2.24) is 5.32 Å². The van der Waals surface area contributed by atoms with E-state index in [1.54, 1.807) is 12.1 Å². The molecule has 1 amide bonds. The van der Waals surface area contributed by atoms with Crippen LogP contribution in [0.4, 0.5) is 0 Å². The third kappa shape index (κ3) is 4.58. The van der Waals surface area contributed by atoms with E-state index in [4.69, 9.17) is 11.6 Å². The molecule has 1 N–H and O–H groups in total. The van der Waals surface area contributed by atoms with Crippen LogP contribution in [0.25, 0.3) is 0 Å². The molecule has 0 aliphatic heterocycles. The highest BCUT2D eigenvalue weighted by atomic mass is 35.5. The van der Waals surface area contributed by atoms with Gasteiger partial charge in [0.15, 0.2) is 9.84 Å². The SMILES string of the molecule is CC(C)(CNC(=O)c1cccc(S(C)(=O)=O)c1)c1ccc(Cl)cc1. The summed E-state index contributed by atoms with van der Waals surface area (Å²) < 4.78 is 23.2. The lowest BCUT2D eigenvalue weighted by atomic mass is 9.84. The highest BCUT2D eigenvalue weighted by Crippen LogP contribution is 2.24. The first-order valence-electron chi connectivity index (χ1n) is 7.44. The van der Waals surface area contributed by atoms with Crippen molar-refractivity contribution in [2.45, 2.75) is 24.2 Å². The zero-order valence-electron chi connectivity index (χ0n) is 13.8. The summed E-state index contributed by atoms with van der Waals surface area (Å²) in [6.45, 7) is 4.45. The Hall–Kier alpha value is -1.85. The van der Waals surface area contributed by atoms with Crippen LogP contribution in [0.5, 0.6) is 0 Å². The molecule has 0 aromatic heterocycles. The summed E-state index contributed by atoms with van der Waals surface area (Å²) in [5, 5.41) is 3.53. The molecule has 0 heterocycles. The Labute approximate surface area is 147 Å². The average molecular weight is 366 g/mol. The van der Waals surface area contributed by atoms with E-state index in [1.807, 2.05) is 38.1 Å². The summed E-state index contributed by atoms with van der Waals surface area (Å²) in [4.78, 5) is 12.5. The van der Waals surface area contributed by atoms with Gasteiger partial charge >= 0.3 is 0 Å². The molecule has 0 saturated carbocycles. The molecular formula is C18H20ClNO3S. The minimum atomic E-state index is -3.34. The van der Waals surface area contributed by atoms with Crippen LogP contribution in [0.15, 0.2) is 53.4 Å². The second-order valence-corrected chi connectivity index (χ2v) is 8.83. The molecule has 0 unspecified atom stereocenters. The van der Waals surface area contributed by atoms with E-state index in [1.165, 1.54) is 12.1 Å². The van der Waals surface area contributed by atoms with Crippen LogP contribution < -0.4 is 5.32 Å². The topological polar surface area (TPSA) is 63.2 Å². The summed E-state index contributed by atoms with van der Waals surface area (Å²) in [5.74, 6) is -0.303. The third-order valence-corrected chi connectivity index (χ3v) is 5.20. The minimum Gasteiger partial charge on any atom is -0.351 e. The fourth-order valence-corrected chi connectivity index (χ4v) is 3.07. The van der Waals surface area contributed by atoms with Gasteiger partial charge in [0, 0.05) is 28.8 Å². The van der Waals surface area contributed by atoms with Crippen LogP contribution >= 0.6 is 11.6 Å². The maximum Gasteiger partial charge on any atom is 0.251 e. The van der Waals surface area contributed by atoms with Gasteiger partial charge in [-0.3, -0.25) is 4.79 Å². The molecule has 6 heteroatoms. The van der Waals surface area contributed by atoms with Crippen molar-refractivity contribution in [3.63, 3.8) is 0 Å². The lowest BCUT2D eigenvalue weighted by Gasteiger charge is -2.25. The van der Waals surface area contributed by atoms with E-state index in [0.29, 0.717) is 17.1 Å². The van der Waals surface area contributed by atoms with E-state index < -0.39 is 9.84 Å². The first-order valence-corrected chi connectivity index (χ1v) is 9.71. The van der Waals surface area contributed by atoms with Crippen LogP contribution in [-0.4, -0.2) is 27.1 Å².